The van der Waals surface area contributed by atoms with Gasteiger partial charge in [0.05, 0.1) is 16.9 Å². The monoisotopic (exact) mass is 359 g/mol. The first kappa shape index (κ1) is 15.6. The third-order valence-corrected chi connectivity index (χ3v) is 5.85. The first-order chi connectivity index (χ1) is 10.7. The van der Waals surface area contributed by atoms with Gasteiger partial charge >= 0.3 is 6.09 Å². The van der Waals surface area contributed by atoms with E-state index in [1.165, 1.54) is 6.07 Å². The molecule has 11 heteroatoms. The molecule has 0 unspecified atom stereocenters. The van der Waals surface area contributed by atoms with E-state index in [0.717, 1.165) is 28.6 Å². The number of fused-ring (bicyclic) bond motifs is 1. The number of halogens is 1. The minimum Gasteiger partial charge on any atom is -0.434 e. The summed E-state index contributed by atoms with van der Waals surface area (Å²) in [6.45, 7) is -0.142. The SMILES string of the molecule is CS(=O)(=O)c1nc2c(F)cc(N3C[C@H](C(N)=O)OC3=O)cc2s1. The van der Waals surface area contributed by atoms with Crippen molar-refractivity contribution in [2.24, 2.45) is 5.73 Å². The molecule has 2 N–H and O–H groups in total. The van der Waals surface area contributed by atoms with Crippen LogP contribution in [0.5, 0.6) is 0 Å². The lowest BCUT2D eigenvalue weighted by molar-refractivity contribution is -0.124. The molecule has 0 aliphatic carbocycles. The van der Waals surface area contributed by atoms with Gasteiger partial charge in [-0.1, -0.05) is 0 Å². The molecule has 1 fully saturated rings. The van der Waals surface area contributed by atoms with Gasteiger partial charge in [0.1, 0.15) is 5.52 Å². The van der Waals surface area contributed by atoms with Gasteiger partial charge in [0.25, 0.3) is 5.91 Å². The Kier molecular flexibility index (Phi) is 3.48. The van der Waals surface area contributed by atoms with Crippen LogP contribution in [0.4, 0.5) is 14.9 Å². The molecular weight excluding hydrogens is 349 g/mol. The smallest absolute Gasteiger partial charge is 0.415 e. The number of carbonyl (C=O) groups is 2. The van der Waals surface area contributed by atoms with Crippen LogP contribution in [0.15, 0.2) is 16.5 Å². The molecule has 8 nitrogen and oxygen atoms in total. The van der Waals surface area contributed by atoms with Gasteiger partial charge in [-0.25, -0.2) is 22.6 Å². The fraction of sp³-hybridized carbons (Fsp3) is 0.250. The number of thiazole rings is 1. The number of rotatable bonds is 3. The summed E-state index contributed by atoms with van der Waals surface area (Å²) < 4.78 is 42.0. The van der Waals surface area contributed by atoms with Crippen molar-refractivity contribution in [1.29, 1.82) is 0 Å². The summed E-state index contributed by atoms with van der Waals surface area (Å²) in [5, 5.41) is 0. The Morgan fingerprint density at radius 1 is 1.52 bits per heavy atom. The Balaban J connectivity index is 2.06. The Bertz CT molecular complexity index is 940. The summed E-state index contributed by atoms with van der Waals surface area (Å²) in [4.78, 5) is 27.7. The van der Waals surface area contributed by atoms with Crippen molar-refractivity contribution >= 4 is 49.1 Å². The van der Waals surface area contributed by atoms with Crippen LogP contribution in [0.3, 0.4) is 0 Å². The first-order valence-electron chi connectivity index (χ1n) is 6.24. The summed E-state index contributed by atoms with van der Waals surface area (Å²) in [5.74, 6) is -1.58. The van der Waals surface area contributed by atoms with E-state index in [4.69, 9.17) is 10.5 Å². The average molecular weight is 359 g/mol. The topological polar surface area (TPSA) is 120 Å². The van der Waals surface area contributed by atoms with Gasteiger partial charge in [-0.2, -0.15) is 0 Å². The van der Waals surface area contributed by atoms with E-state index in [1.807, 2.05) is 0 Å². The molecule has 1 aromatic carbocycles. The van der Waals surface area contributed by atoms with E-state index >= 15 is 0 Å². The first-order valence-corrected chi connectivity index (χ1v) is 8.95. The number of cyclic esters (lactones) is 1. The molecule has 0 saturated carbocycles. The van der Waals surface area contributed by atoms with Crippen LogP contribution < -0.4 is 10.6 Å². The molecular formula is C12H10FN3O5S2. The number of sulfone groups is 1. The van der Waals surface area contributed by atoms with E-state index in [0.29, 0.717) is 0 Å². The third kappa shape index (κ3) is 2.72. The standard InChI is InChI=1S/C12H10FN3O5S2/c1-23(19,20)11-15-9-6(13)2-5(3-8(9)22-11)16-4-7(10(14)17)21-12(16)18/h2-3,7H,4H2,1H3,(H2,14,17)/t7-/m1/s1. The molecule has 0 spiro atoms. The molecule has 1 aliphatic rings. The van der Waals surface area contributed by atoms with Gasteiger partial charge in [-0.15, -0.1) is 11.3 Å². The van der Waals surface area contributed by atoms with Crippen LogP contribution in [-0.2, 0) is 19.4 Å². The fourth-order valence-electron chi connectivity index (χ4n) is 2.09. The second-order valence-corrected chi connectivity index (χ2v) is 8.13. The molecule has 1 saturated heterocycles. The van der Waals surface area contributed by atoms with Crippen molar-refractivity contribution in [3.8, 4) is 0 Å². The summed E-state index contributed by atoms with van der Waals surface area (Å²) in [6, 6.07) is 2.44. The summed E-state index contributed by atoms with van der Waals surface area (Å²) in [6.07, 6.45) is -0.978. The van der Waals surface area contributed by atoms with Crippen LogP contribution in [0.2, 0.25) is 0 Å². The second kappa shape index (κ2) is 5.13. The van der Waals surface area contributed by atoms with Gasteiger partial charge < -0.3 is 10.5 Å². The van der Waals surface area contributed by atoms with Gasteiger partial charge in [0, 0.05) is 12.3 Å². The van der Waals surface area contributed by atoms with Crippen molar-refractivity contribution in [3.05, 3.63) is 17.9 Å². The maximum absolute atomic E-state index is 14.2. The molecule has 2 aromatic rings. The van der Waals surface area contributed by atoms with Crippen LogP contribution in [-0.4, -0.2) is 44.3 Å². The minimum atomic E-state index is -3.57. The molecule has 122 valence electrons. The van der Waals surface area contributed by atoms with Crippen LogP contribution in [0.1, 0.15) is 0 Å². The minimum absolute atomic E-state index is 0.0989. The Morgan fingerprint density at radius 2 is 2.22 bits per heavy atom. The van der Waals surface area contributed by atoms with Crippen molar-refractivity contribution < 1.29 is 27.1 Å². The quantitative estimate of drug-likeness (QED) is 0.859. The lowest BCUT2D eigenvalue weighted by atomic mass is 10.2. The molecule has 1 aliphatic heterocycles. The van der Waals surface area contributed by atoms with E-state index in [-0.39, 0.29) is 26.8 Å². The Morgan fingerprint density at radius 3 is 2.78 bits per heavy atom. The molecule has 3 rings (SSSR count). The van der Waals surface area contributed by atoms with E-state index in [1.54, 1.807) is 0 Å². The maximum atomic E-state index is 14.2. The van der Waals surface area contributed by atoms with Crippen LogP contribution in [0.25, 0.3) is 10.2 Å². The van der Waals surface area contributed by atoms with Crippen molar-refractivity contribution in [2.75, 3.05) is 17.7 Å². The van der Waals surface area contributed by atoms with Gasteiger partial charge in [-0.05, 0) is 6.07 Å². The third-order valence-electron chi connectivity index (χ3n) is 3.17. The normalized spacial score (nSPS) is 18.4. The molecule has 2 heterocycles. The number of carbonyl (C=O) groups excluding carboxylic acids is 2. The molecule has 0 bridgehead atoms. The highest BCUT2D eigenvalue weighted by atomic mass is 32.2. The highest BCUT2D eigenvalue weighted by molar-refractivity contribution is 7.92. The zero-order chi connectivity index (χ0) is 16.9. The molecule has 1 atom stereocenters. The molecule has 1 aromatic heterocycles. The number of primary amides is 1. The van der Waals surface area contributed by atoms with Gasteiger partial charge in [-0.3, -0.25) is 9.69 Å². The fourth-order valence-corrected chi connectivity index (χ4v) is 3.97. The van der Waals surface area contributed by atoms with Crippen LogP contribution in [0, 0.1) is 5.82 Å². The number of ether oxygens (including phenoxy) is 1. The number of aromatic nitrogens is 1. The number of hydrogen-bond donors (Lipinski definition) is 1. The summed E-state index contributed by atoms with van der Waals surface area (Å²) in [7, 11) is -3.57. The number of nitrogens with zero attached hydrogens (tertiary/aromatic N) is 2. The number of amides is 2. The Labute approximate surface area is 133 Å². The molecule has 0 radical (unpaired) electrons. The van der Waals surface area contributed by atoms with Gasteiger partial charge in [0.15, 0.2) is 11.9 Å². The maximum Gasteiger partial charge on any atom is 0.415 e. The van der Waals surface area contributed by atoms with Crippen molar-refractivity contribution in [3.63, 3.8) is 0 Å². The zero-order valence-corrected chi connectivity index (χ0v) is 13.3. The Hall–Kier alpha value is -2.27. The second-order valence-electron chi connectivity index (χ2n) is 4.91. The van der Waals surface area contributed by atoms with E-state index < -0.39 is 33.8 Å². The summed E-state index contributed by atoms with van der Waals surface area (Å²) in [5.41, 5.74) is 5.11. The number of benzene rings is 1. The predicted molar refractivity (Wildman–Crippen MR) is 79.5 cm³/mol. The summed E-state index contributed by atoms with van der Waals surface area (Å²) >= 11 is 0.790. The number of anilines is 1. The van der Waals surface area contributed by atoms with Gasteiger partial charge in [0.2, 0.25) is 14.2 Å². The number of hydrogen-bond acceptors (Lipinski definition) is 7. The number of nitrogens with two attached hydrogens (primary N) is 1. The van der Waals surface area contributed by atoms with Crippen molar-refractivity contribution in [1.82, 2.24) is 4.98 Å². The predicted octanol–water partition coefficient (Wildman–Crippen LogP) is 0.649. The molecule has 2 amide bonds. The average Bonchev–Trinajstić information content (AvgIpc) is 3.01. The highest BCUT2D eigenvalue weighted by Gasteiger charge is 2.36. The van der Waals surface area contributed by atoms with E-state index in [2.05, 4.69) is 4.98 Å². The molecule has 23 heavy (non-hydrogen) atoms. The lowest BCUT2D eigenvalue weighted by Gasteiger charge is -2.12. The van der Waals surface area contributed by atoms with E-state index in [9.17, 15) is 22.4 Å². The lowest BCUT2D eigenvalue weighted by Crippen LogP contribution is -2.32. The zero-order valence-electron chi connectivity index (χ0n) is 11.6. The highest BCUT2D eigenvalue weighted by Crippen LogP contribution is 2.33. The van der Waals surface area contributed by atoms with Crippen molar-refractivity contribution in [2.45, 2.75) is 10.4 Å². The largest absolute Gasteiger partial charge is 0.434 e. The van der Waals surface area contributed by atoms with Crippen LogP contribution >= 0.6 is 11.3 Å².